The molecule has 1 amide bonds. The highest BCUT2D eigenvalue weighted by Crippen LogP contribution is 2.16. The maximum atomic E-state index is 11.7. The lowest BCUT2D eigenvalue weighted by molar-refractivity contribution is 0.0936. The lowest BCUT2D eigenvalue weighted by Crippen LogP contribution is -2.30. The molecule has 0 aliphatic rings. The van der Waals surface area contributed by atoms with Crippen LogP contribution in [0.2, 0.25) is 0 Å². The summed E-state index contributed by atoms with van der Waals surface area (Å²) in [6.07, 6.45) is 1.72. The molecule has 1 N–H and O–H groups in total. The molecule has 0 spiro atoms. The van der Waals surface area contributed by atoms with E-state index < -0.39 is 0 Å². The lowest BCUT2D eigenvalue weighted by atomic mass is 10.3. The molecule has 0 aliphatic carbocycles. The molecule has 2 rings (SSSR count). The molecule has 0 saturated heterocycles. The Morgan fingerprint density at radius 2 is 2.05 bits per heavy atom. The van der Waals surface area contributed by atoms with Crippen molar-refractivity contribution in [2.45, 2.75) is 26.6 Å². The van der Waals surface area contributed by atoms with Gasteiger partial charge in [0.2, 0.25) is 0 Å². The minimum absolute atomic E-state index is 0.0895. The molecule has 0 fully saturated rings. The van der Waals surface area contributed by atoms with Gasteiger partial charge in [-0.1, -0.05) is 15.9 Å². The number of amides is 1. The number of carbonyl (C=O) groups excluding carboxylic acids is 1. The van der Waals surface area contributed by atoms with Crippen LogP contribution in [0.5, 0.6) is 5.75 Å². The van der Waals surface area contributed by atoms with Gasteiger partial charge in [0.15, 0.2) is 6.73 Å². The average Bonchev–Trinajstić information content (AvgIpc) is 2.86. The standard InChI is InChI=1S/C14H16BrN3O2/c1-10(2)16-14(19)13-7-8-18(17-13)9-20-12-5-3-11(15)4-6-12/h3-8,10H,9H2,1-2H3,(H,16,19). The van der Waals surface area contributed by atoms with Crippen LogP contribution in [0.4, 0.5) is 0 Å². The van der Waals surface area contributed by atoms with Gasteiger partial charge in [-0.3, -0.25) is 4.79 Å². The third kappa shape index (κ3) is 4.09. The molecule has 5 nitrogen and oxygen atoms in total. The van der Waals surface area contributed by atoms with Crippen molar-refractivity contribution in [3.05, 3.63) is 46.7 Å². The fourth-order valence-corrected chi connectivity index (χ4v) is 1.83. The number of ether oxygens (including phenoxy) is 1. The minimum atomic E-state index is -0.178. The normalized spacial score (nSPS) is 10.6. The molecule has 106 valence electrons. The smallest absolute Gasteiger partial charge is 0.271 e. The highest BCUT2D eigenvalue weighted by Gasteiger charge is 2.10. The predicted molar refractivity (Wildman–Crippen MR) is 79.6 cm³/mol. The number of nitrogens with one attached hydrogen (secondary N) is 1. The van der Waals surface area contributed by atoms with E-state index in [1.54, 1.807) is 16.9 Å². The Kier molecular flexibility index (Phi) is 4.79. The first-order chi connectivity index (χ1) is 9.54. The molecule has 2 aromatic rings. The summed E-state index contributed by atoms with van der Waals surface area (Å²) < 4.78 is 8.15. The van der Waals surface area contributed by atoms with Crippen molar-refractivity contribution in [1.82, 2.24) is 15.1 Å². The third-order valence-corrected chi connectivity index (χ3v) is 3.00. The summed E-state index contributed by atoms with van der Waals surface area (Å²) in [5, 5.41) is 6.96. The molecule has 1 aromatic carbocycles. The number of rotatable bonds is 5. The van der Waals surface area contributed by atoms with E-state index in [-0.39, 0.29) is 18.7 Å². The van der Waals surface area contributed by atoms with Gasteiger partial charge in [-0.25, -0.2) is 4.68 Å². The van der Waals surface area contributed by atoms with E-state index in [0.717, 1.165) is 10.2 Å². The first-order valence-corrected chi connectivity index (χ1v) is 7.06. The Morgan fingerprint density at radius 3 is 2.70 bits per heavy atom. The molecule has 6 heteroatoms. The third-order valence-electron chi connectivity index (χ3n) is 2.47. The fourth-order valence-electron chi connectivity index (χ4n) is 1.56. The predicted octanol–water partition coefficient (Wildman–Crippen LogP) is 2.82. The summed E-state index contributed by atoms with van der Waals surface area (Å²) in [6.45, 7) is 4.08. The fraction of sp³-hybridized carbons (Fsp3) is 0.286. The number of nitrogens with zero attached hydrogens (tertiary/aromatic N) is 2. The molecule has 1 aromatic heterocycles. The molecule has 0 bridgehead atoms. The van der Waals surface area contributed by atoms with E-state index in [1.807, 2.05) is 38.1 Å². The van der Waals surface area contributed by atoms with Crippen LogP contribution < -0.4 is 10.1 Å². The zero-order valence-electron chi connectivity index (χ0n) is 11.3. The highest BCUT2D eigenvalue weighted by molar-refractivity contribution is 9.10. The highest BCUT2D eigenvalue weighted by atomic mass is 79.9. The summed E-state index contributed by atoms with van der Waals surface area (Å²) in [7, 11) is 0. The Morgan fingerprint density at radius 1 is 1.35 bits per heavy atom. The molecule has 1 heterocycles. The van der Waals surface area contributed by atoms with Gasteiger partial charge in [0, 0.05) is 16.7 Å². The molecule has 0 aliphatic heterocycles. The van der Waals surface area contributed by atoms with Crippen LogP contribution in [-0.4, -0.2) is 21.7 Å². The molecule has 0 saturated carbocycles. The second-order valence-corrected chi connectivity index (χ2v) is 5.51. The van der Waals surface area contributed by atoms with Crippen LogP contribution in [0.25, 0.3) is 0 Å². The van der Waals surface area contributed by atoms with Crippen molar-refractivity contribution in [2.75, 3.05) is 0 Å². The number of hydrogen-bond acceptors (Lipinski definition) is 3. The van der Waals surface area contributed by atoms with Crippen molar-refractivity contribution < 1.29 is 9.53 Å². The van der Waals surface area contributed by atoms with Gasteiger partial charge < -0.3 is 10.1 Å². The number of aromatic nitrogens is 2. The molecule has 20 heavy (non-hydrogen) atoms. The van der Waals surface area contributed by atoms with Gasteiger partial charge >= 0.3 is 0 Å². The first kappa shape index (κ1) is 14.6. The number of benzene rings is 1. The summed E-state index contributed by atoms with van der Waals surface area (Å²) in [5.74, 6) is 0.569. The van der Waals surface area contributed by atoms with E-state index in [9.17, 15) is 4.79 Å². The van der Waals surface area contributed by atoms with Crippen molar-refractivity contribution in [3.8, 4) is 5.75 Å². The summed E-state index contributed by atoms with van der Waals surface area (Å²) in [6, 6.07) is 9.29. The quantitative estimate of drug-likeness (QED) is 0.912. The largest absolute Gasteiger partial charge is 0.471 e. The van der Waals surface area contributed by atoms with Crippen molar-refractivity contribution in [2.24, 2.45) is 0 Å². The Balaban J connectivity index is 1.92. The SMILES string of the molecule is CC(C)NC(=O)c1ccn(COc2ccc(Br)cc2)n1. The maximum absolute atomic E-state index is 11.7. The summed E-state index contributed by atoms with van der Waals surface area (Å²) in [4.78, 5) is 11.7. The Bertz CT molecular complexity index is 578. The number of halogens is 1. The molecular weight excluding hydrogens is 322 g/mol. The van der Waals surface area contributed by atoms with E-state index >= 15 is 0 Å². The van der Waals surface area contributed by atoms with Gasteiger partial charge in [-0.2, -0.15) is 5.10 Å². The van der Waals surface area contributed by atoms with Gasteiger partial charge in [-0.05, 0) is 44.2 Å². The second kappa shape index (κ2) is 6.56. The second-order valence-electron chi connectivity index (χ2n) is 4.60. The van der Waals surface area contributed by atoms with Gasteiger partial charge in [0.1, 0.15) is 11.4 Å². The van der Waals surface area contributed by atoms with Gasteiger partial charge in [0.05, 0.1) is 0 Å². The molecular formula is C14H16BrN3O2. The van der Waals surface area contributed by atoms with E-state index in [0.29, 0.717) is 5.69 Å². The number of hydrogen-bond donors (Lipinski definition) is 1. The van der Waals surface area contributed by atoms with Crippen molar-refractivity contribution in [1.29, 1.82) is 0 Å². The van der Waals surface area contributed by atoms with E-state index in [2.05, 4.69) is 26.3 Å². The summed E-state index contributed by atoms with van der Waals surface area (Å²) >= 11 is 3.36. The first-order valence-electron chi connectivity index (χ1n) is 6.27. The van der Waals surface area contributed by atoms with E-state index in [1.165, 1.54) is 0 Å². The van der Waals surface area contributed by atoms with Crippen molar-refractivity contribution >= 4 is 21.8 Å². The zero-order valence-corrected chi connectivity index (χ0v) is 12.9. The molecule has 0 atom stereocenters. The lowest BCUT2D eigenvalue weighted by Gasteiger charge is -2.07. The van der Waals surface area contributed by atoms with Crippen LogP contribution in [-0.2, 0) is 6.73 Å². The average molecular weight is 338 g/mol. The minimum Gasteiger partial charge on any atom is -0.471 e. The topological polar surface area (TPSA) is 56.2 Å². The van der Waals surface area contributed by atoms with Crippen LogP contribution in [0, 0.1) is 0 Å². The van der Waals surface area contributed by atoms with Crippen LogP contribution in [0.1, 0.15) is 24.3 Å². The Labute approximate surface area is 126 Å². The van der Waals surface area contributed by atoms with Crippen molar-refractivity contribution in [3.63, 3.8) is 0 Å². The van der Waals surface area contributed by atoms with E-state index in [4.69, 9.17) is 4.74 Å². The van der Waals surface area contributed by atoms with Crippen LogP contribution >= 0.6 is 15.9 Å². The monoisotopic (exact) mass is 337 g/mol. The zero-order chi connectivity index (χ0) is 14.5. The van der Waals surface area contributed by atoms with Gasteiger partial charge in [-0.15, -0.1) is 0 Å². The molecule has 0 radical (unpaired) electrons. The number of carbonyl (C=O) groups is 1. The van der Waals surface area contributed by atoms with Gasteiger partial charge in [0.25, 0.3) is 5.91 Å². The Hall–Kier alpha value is -1.82. The molecule has 0 unspecified atom stereocenters. The maximum Gasteiger partial charge on any atom is 0.271 e. The van der Waals surface area contributed by atoms with Crippen LogP contribution in [0.3, 0.4) is 0 Å². The van der Waals surface area contributed by atoms with Crippen LogP contribution in [0.15, 0.2) is 41.0 Å². The summed E-state index contributed by atoms with van der Waals surface area (Å²) in [5.41, 5.74) is 0.387.